The maximum absolute atomic E-state index is 14.3. The Hall–Kier alpha value is -10.2. The van der Waals surface area contributed by atoms with Crippen LogP contribution in [0.3, 0.4) is 0 Å². The van der Waals surface area contributed by atoms with Crippen molar-refractivity contribution in [3.8, 4) is 172 Å². The molecule has 86 heavy (non-hydrogen) atoms. The number of rotatable bonds is 32. The number of pyridine rings is 1. The summed E-state index contributed by atoms with van der Waals surface area (Å²) in [5.74, 6) is 73.2. The fourth-order valence-corrected chi connectivity index (χ4v) is 8.53. The van der Waals surface area contributed by atoms with Crippen LogP contribution in [0.4, 0.5) is 5.82 Å². The smallest absolute Gasteiger partial charge is 0.462 e. The summed E-state index contributed by atoms with van der Waals surface area (Å²) in [7, 11) is -4.40. The zero-order valence-electron chi connectivity index (χ0n) is 49.0. The van der Waals surface area contributed by atoms with Crippen molar-refractivity contribution in [3.05, 3.63) is 54.4 Å². The van der Waals surface area contributed by atoms with E-state index >= 15 is 0 Å². The average molecular weight is 1160 g/mol. The minimum absolute atomic E-state index is 0.0951. The Morgan fingerprint density at radius 3 is 1.63 bits per heavy atom. The molecule has 2 heterocycles. The summed E-state index contributed by atoms with van der Waals surface area (Å²) < 4.78 is 45.0. The fourth-order valence-electron chi connectivity index (χ4n) is 7.34. The standard InChI is InChI=1S/C72H66N5O8P/c1-4-7-10-12-14-16-18-20-22-24-26-28-30-32-34-36-38-40-42-44-46-48-56-68(78)81-62-64(85-69(79)57-49-47-45-43-41-39-37-35-33-31-29-27-25-23-21-19-17-15-13-11-8-5-2)63-84-86(80,82-60-52-58-73)83-61-59-77-67(55-9-6-3)76-70-71(77)65-53-50-51-54-66(65)75-72(70)74/h34-37,50-51,53-54,64H,6,9,38-49,52,55-57,59-63H2,1-3H3,(H2,74,75)/b36-34+,37-35+/t64-,86?/m1/s1. The van der Waals surface area contributed by atoms with Gasteiger partial charge in [-0.3, -0.25) is 23.2 Å². The van der Waals surface area contributed by atoms with E-state index in [1.165, 1.54) is 0 Å². The largest absolute Gasteiger partial charge is 0.475 e. The number of hydrogen-bond acceptors (Lipinski definition) is 12. The Labute approximate surface area is 509 Å². The molecule has 0 saturated carbocycles. The molecule has 3 aromatic rings. The quantitative estimate of drug-likeness (QED) is 0.0271. The first-order chi connectivity index (χ1) is 42.2. The summed E-state index contributed by atoms with van der Waals surface area (Å²) in [6.07, 6.45) is 19.0. The number of hydrogen-bond donors (Lipinski definition) is 1. The van der Waals surface area contributed by atoms with E-state index in [1.54, 1.807) is 26.0 Å². The number of carbonyl (C=O) groups is 2. The molecule has 0 amide bonds. The number of esters is 2. The van der Waals surface area contributed by atoms with Gasteiger partial charge in [-0.2, -0.15) is 5.26 Å². The number of phosphoric acid groups is 1. The molecular formula is C72H66N5O8P. The lowest BCUT2D eigenvalue weighted by Crippen LogP contribution is -2.29. The Morgan fingerprint density at radius 1 is 0.605 bits per heavy atom. The van der Waals surface area contributed by atoms with Gasteiger partial charge in [0, 0.05) is 31.2 Å². The van der Waals surface area contributed by atoms with E-state index in [0.29, 0.717) is 30.3 Å². The molecular weight excluding hydrogens is 1090 g/mol. The third kappa shape index (κ3) is 33.0. The lowest BCUT2D eigenvalue weighted by molar-refractivity contribution is -0.161. The Kier molecular flexibility index (Phi) is 38.5. The second-order valence-corrected chi connectivity index (χ2v) is 19.5. The molecule has 0 aliphatic heterocycles. The first-order valence-corrected chi connectivity index (χ1v) is 29.6. The number of nitrogens with two attached hydrogens (primary N) is 1. The number of phosphoric ester groups is 1. The predicted octanol–water partition coefficient (Wildman–Crippen LogP) is 10.7. The SMILES string of the molecule is CC#CC#CC#CC#CC#CC#CC#C/C=C/CCCCCCCC(=O)OC[C@H](COP(=O)(OCCC#N)OCCn1c(CCCC)nc2c(N)nc3ccccc3c21)OC(=O)CCCCCCC/C=C/C#CC#CC#CC#CC#CC#CC#CC. The van der Waals surface area contributed by atoms with Crippen LogP contribution in [0.5, 0.6) is 0 Å². The molecule has 0 aliphatic rings. The third-order valence-corrected chi connectivity index (χ3v) is 12.8. The number of para-hydroxylation sites is 1. The first-order valence-electron chi connectivity index (χ1n) is 28.2. The van der Waals surface area contributed by atoms with Crippen molar-refractivity contribution < 1.29 is 37.2 Å². The number of aromatic nitrogens is 3. The zero-order valence-corrected chi connectivity index (χ0v) is 49.9. The molecule has 1 unspecified atom stereocenters. The number of nitrogens with zero attached hydrogens (tertiary/aromatic N) is 4. The molecule has 0 spiro atoms. The van der Waals surface area contributed by atoms with Crippen molar-refractivity contribution in [3.63, 3.8) is 0 Å². The molecule has 432 valence electrons. The molecule has 3 rings (SSSR count). The van der Waals surface area contributed by atoms with Crippen LogP contribution in [0.25, 0.3) is 21.9 Å². The van der Waals surface area contributed by atoms with E-state index in [4.69, 9.17) is 33.8 Å². The van der Waals surface area contributed by atoms with Crippen molar-refractivity contribution in [1.29, 1.82) is 5.26 Å². The third-order valence-electron chi connectivity index (χ3n) is 11.3. The highest BCUT2D eigenvalue weighted by Crippen LogP contribution is 2.50. The van der Waals surface area contributed by atoms with Gasteiger partial charge in [-0.1, -0.05) is 106 Å². The van der Waals surface area contributed by atoms with Gasteiger partial charge < -0.3 is 19.8 Å². The Balaban J connectivity index is 1.55. The first kappa shape index (κ1) is 70.0. The van der Waals surface area contributed by atoms with E-state index in [-0.39, 0.29) is 51.4 Å². The number of carbonyl (C=O) groups excluding carboxylic acids is 2. The Morgan fingerprint density at radius 2 is 1.09 bits per heavy atom. The highest BCUT2D eigenvalue weighted by Gasteiger charge is 2.30. The number of nitriles is 1. The summed E-state index contributed by atoms with van der Waals surface area (Å²) in [5.41, 5.74) is 8.42. The molecule has 0 saturated heterocycles. The molecule has 2 N–H and O–H groups in total. The van der Waals surface area contributed by atoms with Gasteiger partial charge in [0.1, 0.15) is 17.9 Å². The van der Waals surface area contributed by atoms with Crippen LogP contribution in [0.2, 0.25) is 0 Å². The molecule has 0 radical (unpaired) electrons. The van der Waals surface area contributed by atoms with E-state index in [9.17, 15) is 19.4 Å². The van der Waals surface area contributed by atoms with Crippen molar-refractivity contribution >= 4 is 47.5 Å². The van der Waals surface area contributed by atoms with Crippen LogP contribution in [0, 0.1) is 177 Å². The van der Waals surface area contributed by atoms with Crippen LogP contribution in [-0.4, -0.2) is 59.0 Å². The van der Waals surface area contributed by atoms with E-state index in [0.717, 1.165) is 93.8 Å². The molecule has 1 aromatic carbocycles. The number of benzene rings is 1. The maximum Gasteiger partial charge on any atom is 0.475 e. The van der Waals surface area contributed by atoms with Crippen molar-refractivity contribution in [1.82, 2.24) is 14.5 Å². The molecule has 14 heteroatoms. The topological polar surface area (TPSA) is 178 Å². The maximum atomic E-state index is 14.3. The van der Waals surface area contributed by atoms with E-state index in [1.807, 2.05) is 47.1 Å². The summed E-state index contributed by atoms with van der Waals surface area (Å²) in [4.78, 5) is 35.7. The number of unbranched alkanes of at least 4 members (excludes halogenated alkanes) is 11. The van der Waals surface area contributed by atoms with Crippen LogP contribution in [-0.2, 0) is 50.2 Å². The summed E-state index contributed by atoms with van der Waals surface area (Å²) in [5, 5.41) is 10.1. The van der Waals surface area contributed by atoms with Crippen LogP contribution < -0.4 is 5.73 Å². The number of imidazole rings is 1. The number of nitrogen functional groups attached to an aromatic ring is 1. The van der Waals surface area contributed by atoms with Gasteiger partial charge in [0.15, 0.2) is 11.9 Å². The molecule has 13 nitrogen and oxygen atoms in total. The molecule has 2 aromatic heterocycles. The molecule has 2 atom stereocenters. The van der Waals surface area contributed by atoms with Gasteiger partial charge in [-0.25, -0.2) is 14.5 Å². The van der Waals surface area contributed by atoms with Crippen LogP contribution in [0.15, 0.2) is 48.6 Å². The minimum Gasteiger partial charge on any atom is -0.462 e. The van der Waals surface area contributed by atoms with Crippen LogP contribution in [0.1, 0.15) is 136 Å². The number of aryl methyl sites for hydroxylation is 1. The normalized spacial score (nSPS) is 10.3. The zero-order chi connectivity index (χ0) is 61.6. The number of fused-ring (bicyclic) bond motifs is 3. The van der Waals surface area contributed by atoms with Crippen molar-refractivity contribution in [2.45, 2.75) is 149 Å². The summed E-state index contributed by atoms with van der Waals surface area (Å²) >= 11 is 0. The highest BCUT2D eigenvalue weighted by molar-refractivity contribution is 7.48. The highest BCUT2D eigenvalue weighted by atomic mass is 31.2. The van der Waals surface area contributed by atoms with E-state index in [2.05, 4.69) is 178 Å². The molecule has 0 aliphatic carbocycles. The summed E-state index contributed by atoms with van der Waals surface area (Å²) in [6, 6.07) is 9.57. The van der Waals surface area contributed by atoms with Crippen molar-refractivity contribution in [2.24, 2.45) is 0 Å². The van der Waals surface area contributed by atoms with Gasteiger partial charge >= 0.3 is 19.8 Å². The second kappa shape index (κ2) is 47.3. The lowest BCUT2D eigenvalue weighted by Gasteiger charge is -2.22. The molecule has 0 fully saturated rings. The summed E-state index contributed by atoms with van der Waals surface area (Å²) in [6.45, 7) is 4.43. The lowest BCUT2D eigenvalue weighted by atomic mass is 10.1. The van der Waals surface area contributed by atoms with Gasteiger partial charge in [0.25, 0.3) is 0 Å². The monoisotopic (exact) mass is 1160 g/mol. The number of ether oxygens (including phenoxy) is 2. The number of allylic oxidation sites excluding steroid dienone is 4. The van der Waals surface area contributed by atoms with Gasteiger partial charge in [-0.05, 0) is 219 Å². The van der Waals surface area contributed by atoms with E-state index < -0.39 is 32.5 Å². The predicted molar refractivity (Wildman–Crippen MR) is 338 cm³/mol. The second-order valence-electron chi connectivity index (χ2n) is 17.8. The minimum atomic E-state index is -4.40. The average Bonchev–Trinajstić information content (AvgIpc) is 1.94. The van der Waals surface area contributed by atoms with Gasteiger partial charge in [0.2, 0.25) is 0 Å². The fraction of sp³-hybridized carbons (Fsp3) is 0.375. The van der Waals surface area contributed by atoms with Crippen molar-refractivity contribution in [2.75, 3.05) is 32.2 Å². The Bertz CT molecular complexity index is 3900. The van der Waals surface area contributed by atoms with Gasteiger partial charge in [-0.15, -0.1) is 0 Å². The van der Waals surface area contributed by atoms with Crippen LogP contribution >= 0.6 is 7.82 Å². The number of anilines is 1. The molecule has 0 bridgehead atoms. The van der Waals surface area contributed by atoms with Gasteiger partial charge in [0.05, 0.1) is 43.3 Å².